The summed E-state index contributed by atoms with van der Waals surface area (Å²) in [5.41, 5.74) is 1.23. The molecule has 1 N–H and O–H groups in total. The maximum absolute atomic E-state index is 11.8. The molecule has 21 heavy (non-hydrogen) atoms. The Bertz CT molecular complexity index is 661. The van der Waals surface area contributed by atoms with E-state index in [2.05, 4.69) is 11.4 Å². The van der Waals surface area contributed by atoms with Crippen LogP contribution in [-0.4, -0.2) is 26.3 Å². The number of nitrogens with one attached hydrogen (secondary N) is 1. The molecule has 0 saturated carbocycles. The fourth-order valence-electron chi connectivity index (χ4n) is 1.80. The van der Waals surface area contributed by atoms with Gasteiger partial charge in [0.25, 0.3) is 0 Å². The highest BCUT2D eigenvalue weighted by atomic mass is 32.2. The van der Waals surface area contributed by atoms with E-state index in [9.17, 15) is 18.5 Å². The molecule has 7 heteroatoms. The minimum absolute atomic E-state index is 0.0107. The monoisotopic (exact) mass is 328 g/mol. The lowest BCUT2D eigenvalue weighted by molar-refractivity contribution is -0.116. The lowest BCUT2D eigenvalue weighted by atomic mass is 9.86. The first-order chi connectivity index (χ1) is 9.54. The number of amides is 1. The molecule has 1 amide bonds. The zero-order valence-electron chi connectivity index (χ0n) is 12.7. The quantitative estimate of drug-likeness (QED) is 0.900. The molecule has 116 valence electrons. The first kappa shape index (κ1) is 17.7. The first-order valence-corrected chi connectivity index (χ1v) is 9.48. The second kappa shape index (κ2) is 6.58. The Morgan fingerprint density at radius 3 is 2.52 bits per heavy atom. The van der Waals surface area contributed by atoms with Crippen LogP contribution in [0.5, 0.6) is 0 Å². The first-order valence-electron chi connectivity index (χ1n) is 6.54. The Morgan fingerprint density at radius 1 is 1.43 bits per heavy atom. The zero-order chi connectivity index (χ0) is 16.3. The lowest BCUT2D eigenvalue weighted by Crippen LogP contribution is -2.15. The molecule has 1 heterocycles. The highest BCUT2D eigenvalue weighted by molar-refractivity contribution is 7.90. The number of thiophene rings is 1. The molecule has 0 atom stereocenters. The van der Waals surface area contributed by atoms with Crippen LogP contribution in [0, 0.1) is 11.3 Å². The van der Waals surface area contributed by atoms with Crippen LogP contribution in [0.25, 0.3) is 0 Å². The van der Waals surface area contributed by atoms with Gasteiger partial charge >= 0.3 is 0 Å². The molecule has 0 aliphatic carbocycles. The van der Waals surface area contributed by atoms with Gasteiger partial charge in [-0.2, -0.15) is 5.26 Å². The normalized spacial score (nSPS) is 12.0. The van der Waals surface area contributed by atoms with Gasteiger partial charge in [-0.25, -0.2) is 8.42 Å². The standard InChI is InChI=1S/C14H20N2O3S2/c1-14(2,3)11-9-20-13(10(11)8-15)16-12(17)6-5-7-21(4,18)19/h9H,5-7H2,1-4H3,(H,16,17). The molecule has 0 saturated heterocycles. The maximum Gasteiger partial charge on any atom is 0.225 e. The van der Waals surface area contributed by atoms with Gasteiger partial charge in [0.2, 0.25) is 5.91 Å². The van der Waals surface area contributed by atoms with Crippen molar-refractivity contribution in [2.75, 3.05) is 17.3 Å². The fourth-order valence-corrected chi connectivity index (χ4v) is 3.62. The molecule has 0 radical (unpaired) electrons. The maximum atomic E-state index is 11.8. The molecule has 0 aliphatic rings. The van der Waals surface area contributed by atoms with Crippen LogP contribution in [0.1, 0.15) is 44.7 Å². The number of nitrogens with zero attached hydrogens (tertiary/aromatic N) is 1. The smallest absolute Gasteiger partial charge is 0.225 e. The number of sulfone groups is 1. The van der Waals surface area contributed by atoms with Crippen LogP contribution in [0.4, 0.5) is 5.00 Å². The average Bonchev–Trinajstić information content (AvgIpc) is 2.69. The number of carbonyl (C=O) groups excluding carboxylic acids is 1. The Kier molecular flexibility index (Phi) is 5.54. The number of nitriles is 1. The molecule has 1 rings (SSSR count). The zero-order valence-corrected chi connectivity index (χ0v) is 14.3. The summed E-state index contributed by atoms with van der Waals surface area (Å²) in [6.07, 6.45) is 1.55. The summed E-state index contributed by atoms with van der Waals surface area (Å²) >= 11 is 1.32. The van der Waals surface area contributed by atoms with Crippen LogP contribution in [0.3, 0.4) is 0 Å². The van der Waals surface area contributed by atoms with Crippen LogP contribution in [0.15, 0.2) is 5.38 Å². The van der Waals surface area contributed by atoms with Gasteiger partial charge in [0.05, 0.1) is 11.3 Å². The topological polar surface area (TPSA) is 87.0 Å². The second-order valence-electron chi connectivity index (χ2n) is 6.00. The van der Waals surface area contributed by atoms with Gasteiger partial charge < -0.3 is 5.32 Å². The molecular weight excluding hydrogens is 308 g/mol. The number of anilines is 1. The molecule has 0 bridgehead atoms. The summed E-state index contributed by atoms with van der Waals surface area (Å²) in [5, 5.41) is 14.4. The van der Waals surface area contributed by atoms with E-state index in [0.29, 0.717) is 10.6 Å². The van der Waals surface area contributed by atoms with Crippen LogP contribution in [-0.2, 0) is 20.0 Å². The molecule has 1 aromatic heterocycles. The molecule has 0 aromatic carbocycles. The van der Waals surface area contributed by atoms with Crippen molar-refractivity contribution < 1.29 is 13.2 Å². The van der Waals surface area contributed by atoms with Gasteiger partial charge in [0, 0.05) is 12.7 Å². The average molecular weight is 328 g/mol. The van der Waals surface area contributed by atoms with Crippen molar-refractivity contribution in [2.45, 2.75) is 39.0 Å². The number of hydrogen-bond acceptors (Lipinski definition) is 5. The third-order valence-electron chi connectivity index (χ3n) is 2.88. The van der Waals surface area contributed by atoms with E-state index in [-0.39, 0.29) is 29.9 Å². The largest absolute Gasteiger partial charge is 0.317 e. The van der Waals surface area contributed by atoms with Crippen molar-refractivity contribution in [3.05, 3.63) is 16.5 Å². The number of rotatable bonds is 5. The van der Waals surface area contributed by atoms with Crippen LogP contribution in [0.2, 0.25) is 0 Å². The minimum atomic E-state index is -3.05. The van der Waals surface area contributed by atoms with Gasteiger partial charge in [-0.05, 0) is 22.8 Å². The second-order valence-corrected chi connectivity index (χ2v) is 9.14. The Hall–Kier alpha value is -1.39. The van der Waals surface area contributed by atoms with Crippen molar-refractivity contribution in [1.82, 2.24) is 0 Å². The van der Waals surface area contributed by atoms with Crippen molar-refractivity contribution in [2.24, 2.45) is 0 Å². The molecular formula is C14H20N2O3S2. The van der Waals surface area contributed by atoms with Gasteiger partial charge in [-0.3, -0.25) is 4.79 Å². The fraction of sp³-hybridized carbons (Fsp3) is 0.571. The minimum Gasteiger partial charge on any atom is -0.317 e. The van der Waals surface area contributed by atoms with Crippen LogP contribution < -0.4 is 5.32 Å². The number of carbonyl (C=O) groups is 1. The van der Waals surface area contributed by atoms with Crippen molar-refractivity contribution in [3.63, 3.8) is 0 Å². The van der Waals surface area contributed by atoms with Crippen molar-refractivity contribution >= 4 is 32.1 Å². The van der Waals surface area contributed by atoms with E-state index >= 15 is 0 Å². The molecule has 0 spiro atoms. The van der Waals surface area contributed by atoms with E-state index < -0.39 is 9.84 Å². The lowest BCUT2D eigenvalue weighted by Gasteiger charge is -2.17. The highest BCUT2D eigenvalue weighted by Gasteiger charge is 2.23. The number of hydrogen-bond donors (Lipinski definition) is 1. The van der Waals surface area contributed by atoms with Gasteiger partial charge in [-0.15, -0.1) is 11.3 Å². The molecule has 1 aromatic rings. The summed E-state index contributed by atoms with van der Waals surface area (Å²) in [5.74, 6) is -0.277. The summed E-state index contributed by atoms with van der Waals surface area (Å²) in [4.78, 5) is 11.8. The SMILES string of the molecule is CC(C)(C)c1csc(NC(=O)CCCS(C)(=O)=O)c1C#N. The van der Waals surface area contributed by atoms with Gasteiger partial charge in [0.1, 0.15) is 20.9 Å². The highest BCUT2D eigenvalue weighted by Crippen LogP contribution is 2.35. The third kappa shape index (κ3) is 5.48. The Labute approximate surface area is 129 Å². The Balaban J connectivity index is 2.74. The van der Waals surface area contributed by atoms with E-state index in [1.807, 2.05) is 26.2 Å². The summed E-state index contributed by atoms with van der Waals surface area (Å²) in [7, 11) is -3.05. The van der Waals surface area contributed by atoms with E-state index in [0.717, 1.165) is 11.8 Å². The molecule has 5 nitrogen and oxygen atoms in total. The van der Waals surface area contributed by atoms with Gasteiger partial charge in [-0.1, -0.05) is 20.8 Å². The Morgan fingerprint density at radius 2 is 2.05 bits per heavy atom. The van der Waals surface area contributed by atoms with Crippen molar-refractivity contribution in [1.29, 1.82) is 5.26 Å². The molecule has 0 aliphatic heterocycles. The molecule has 0 unspecified atom stereocenters. The van der Waals surface area contributed by atoms with Gasteiger partial charge in [0.15, 0.2) is 0 Å². The predicted octanol–water partition coefficient (Wildman–Crippen LogP) is 2.68. The van der Waals surface area contributed by atoms with E-state index in [1.54, 1.807) is 0 Å². The third-order valence-corrected chi connectivity index (χ3v) is 4.81. The van der Waals surface area contributed by atoms with Crippen molar-refractivity contribution in [3.8, 4) is 6.07 Å². The summed E-state index contributed by atoms with van der Waals surface area (Å²) in [6, 6.07) is 2.14. The molecule has 0 fully saturated rings. The van der Waals surface area contributed by atoms with E-state index in [1.165, 1.54) is 11.3 Å². The summed E-state index contributed by atoms with van der Waals surface area (Å²) in [6.45, 7) is 6.02. The van der Waals surface area contributed by atoms with Crippen LogP contribution >= 0.6 is 11.3 Å². The van der Waals surface area contributed by atoms with E-state index in [4.69, 9.17) is 0 Å². The predicted molar refractivity (Wildman–Crippen MR) is 85.3 cm³/mol. The summed E-state index contributed by atoms with van der Waals surface area (Å²) < 4.78 is 22.0.